The molecule has 116 valence electrons. The second kappa shape index (κ2) is 5.87. The van der Waals surface area contributed by atoms with Gasteiger partial charge in [-0.1, -0.05) is 0 Å². The van der Waals surface area contributed by atoms with Crippen molar-refractivity contribution in [3.63, 3.8) is 0 Å². The van der Waals surface area contributed by atoms with Crippen molar-refractivity contribution in [3.05, 3.63) is 27.7 Å². The van der Waals surface area contributed by atoms with Crippen LogP contribution < -0.4 is 4.74 Å². The number of fused-ring (bicyclic) bond motifs is 1. The zero-order chi connectivity index (χ0) is 15.8. The third-order valence-electron chi connectivity index (χ3n) is 3.58. The number of carbonyl (C=O) groups excluding carboxylic acids is 1. The first kappa shape index (κ1) is 16.1. The van der Waals surface area contributed by atoms with Gasteiger partial charge in [-0.15, -0.1) is 0 Å². The van der Waals surface area contributed by atoms with E-state index < -0.39 is 5.60 Å². The zero-order valence-electron chi connectivity index (χ0n) is 13.2. The molecule has 1 heterocycles. The first-order chi connectivity index (χ1) is 9.73. The maximum absolute atomic E-state index is 12.3. The van der Waals surface area contributed by atoms with Crippen molar-refractivity contribution in [2.45, 2.75) is 45.8 Å². The average molecular weight is 356 g/mol. The number of carbonyl (C=O) groups is 1. The van der Waals surface area contributed by atoms with Gasteiger partial charge in [-0.3, -0.25) is 0 Å². The van der Waals surface area contributed by atoms with Gasteiger partial charge in [-0.25, -0.2) is 4.79 Å². The molecule has 1 aromatic carbocycles. The molecular formula is C16H22BrNO3. The third-order valence-corrected chi connectivity index (χ3v) is 4.20. The molecule has 0 aromatic heterocycles. The molecule has 4 nitrogen and oxygen atoms in total. The summed E-state index contributed by atoms with van der Waals surface area (Å²) in [6.07, 6.45) is 0.551. The molecule has 0 saturated carbocycles. The van der Waals surface area contributed by atoms with Gasteiger partial charge in [0.2, 0.25) is 0 Å². The Morgan fingerprint density at radius 3 is 2.62 bits per heavy atom. The fourth-order valence-electron chi connectivity index (χ4n) is 2.55. The molecule has 1 atom stereocenters. The Morgan fingerprint density at radius 2 is 2.05 bits per heavy atom. The molecule has 2 rings (SSSR count). The topological polar surface area (TPSA) is 38.8 Å². The second-order valence-electron chi connectivity index (χ2n) is 6.29. The minimum absolute atomic E-state index is 0.00851. The molecule has 1 aromatic rings. The molecule has 0 unspecified atom stereocenters. The quantitative estimate of drug-likeness (QED) is 0.753. The molecule has 0 fully saturated rings. The van der Waals surface area contributed by atoms with Gasteiger partial charge in [0.15, 0.2) is 0 Å². The lowest BCUT2D eigenvalue weighted by Gasteiger charge is -2.36. The zero-order valence-corrected chi connectivity index (χ0v) is 14.8. The first-order valence-electron chi connectivity index (χ1n) is 7.09. The lowest BCUT2D eigenvalue weighted by atomic mass is 9.93. The van der Waals surface area contributed by atoms with Crippen LogP contribution in [0.25, 0.3) is 0 Å². The van der Waals surface area contributed by atoms with E-state index in [4.69, 9.17) is 9.47 Å². The normalized spacial score (nSPS) is 18.2. The standard InChI is InChI=1S/C16H22BrNO3/c1-10-12-9-13(17)14(20-5)8-11(12)6-7-18(10)15(19)21-16(2,3)4/h8-10H,6-7H2,1-5H3/t10-/m0/s1. The Morgan fingerprint density at radius 1 is 1.38 bits per heavy atom. The van der Waals surface area contributed by atoms with Crippen LogP contribution in [0.2, 0.25) is 0 Å². The highest BCUT2D eigenvalue weighted by Gasteiger charge is 2.31. The van der Waals surface area contributed by atoms with Gasteiger partial charge in [-0.2, -0.15) is 0 Å². The van der Waals surface area contributed by atoms with Crippen LogP contribution in [-0.4, -0.2) is 30.2 Å². The average Bonchev–Trinajstić information content (AvgIpc) is 2.37. The van der Waals surface area contributed by atoms with E-state index in [9.17, 15) is 4.79 Å². The monoisotopic (exact) mass is 355 g/mol. The van der Waals surface area contributed by atoms with Crippen LogP contribution in [0.15, 0.2) is 16.6 Å². The number of benzene rings is 1. The Balaban J connectivity index is 2.26. The summed E-state index contributed by atoms with van der Waals surface area (Å²) in [4.78, 5) is 14.1. The van der Waals surface area contributed by atoms with Crippen LogP contribution in [0.1, 0.15) is 44.9 Å². The summed E-state index contributed by atoms with van der Waals surface area (Å²) in [5.74, 6) is 0.826. The number of nitrogens with zero attached hydrogens (tertiary/aromatic N) is 1. The molecular weight excluding hydrogens is 334 g/mol. The number of halogens is 1. The van der Waals surface area contributed by atoms with Crippen molar-refractivity contribution < 1.29 is 14.3 Å². The number of rotatable bonds is 1. The lowest BCUT2D eigenvalue weighted by Crippen LogP contribution is -2.42. The van der Waals surface area contributed by atoms with Crippen LogP contribution in [0.3, 0.4) is 0 Å². The molecule has 0 spiro atoms. The number of methoxy groups -OCH3 is 1. The van der Waals surface area contributed by atoms with Crippen LogP contribution in [0.5, 0.6) is 5.75 Å². The van der Waals surface area contributed by atoms with Gasteiger partial charge in [0, 0.05) is 6.54 Å². The minimum Gasteiger partial charge on any atom is -0.496 e. The number of ether oxygens (including phenoxy) is 2. The second-order valence-corrected chi connectivity index (χ2v) is 7.14. The van der Waals surface area contributed by atoms with Gasteiger partial charge < -0.3 is 14.4 Å². The van der Waals surface area contributed by atoms with Crippen LogP contribution in [-0.2, 0) is 11.2 Å². The van der Waals surface area contributed by atoms with E-state index in [-0.39, 0.29) is 12.1 Å². The van der Waals surface area contributed by atoms with Crippen molar-refractivity contribution >= 4 is 22.0 Å². The van der Waals surface area contributed by atoms with Gasteiger partial charge in [0.1, 0.15) is 11.4 Å². The predicted molar refractivity (Wildman–Crippen MR) is 85.8 cm³/mol. The van der Waals surface area contributed by atoms with E-state index in [2.05, 4.69) is 15.9 Å². The summed E-state index contributed by atoms with van der Waals surface area (Å²) in [7, 11) is 1.66. The van der Waals surface area contributed by atoms with Crippen molar-refractivity contribution in [2.75, 3.05) is 13.7 Å². The third kappa shape index (κ3) is 3.51. The van der Waals surface area contributed by atoms with Crippen LogP contribution in [0, 0.1) is 0 Å². The first-order valence-corrected chi connectivity index (χ1v) is 7.88. The van der Waals surface area contributed by atoms with Crippen molar-refractivity contribution in [3.8, 4) is 5.75 Å². The molecule has 1 aliphatic heterocycles. The predicted octanol–water partition coefficient (Wildman–Crippen LogP) is 4.31. The van der Waals surface area contributed by atoms with E-state index in [1.54, 1.807) is 12.0 Å². The molecule has 5 heteroatoms. The SMILES string of the molecule is COc1cc2c(cc1Br)[C@H](C)N(C(=O)OC(C)(C)C)CC2. The van der Waals surface area contributed by atoms with Crippen molar-refractivity contribution in [2.24, 2.45) is 0 Å². The summed E-state index contributed by atoms with van der Waals surface area (Å²) in [6.45, 7) is 8.34. The number of amides is 1. The highest BCUT2D eigenvalue weighted by Crippen LogP contribution is 2.37. The maximum atomic E-state index is 12.3. The summed E-state index contributed by atoms with van der Waals surface area (Å²) >= 11 is 3.51. The molecule has 1 amide bonds. The van der Waals surface area contributed by atoms with E-state index in [0.717, 1.165) is 22.2 Å². The fourth-order valence-corrected chi connectivity index (χ4v) is 3.07. The van der Waals surface area contributed by atoms with Crippen LogP contribution in [0.4, 0.5) is 4.79 Å². The summed E-state index contributed by atoms with van der Waals surface area (Å²) in [6, 6.07) is 4.07. The van der Waals surface area contributed by atoms with E-state index >= 15 is 0 Å². The van der Waals surface area contributed by atoms with E-state index in [0.29, 0.717) is 6.54 Å². The number of hydrogen-bond donors (Lipinski definition) is 0. The molecule has 0 saturated heterocycles. The molecule has 1 aliphatic rings. The smallest absolute Gasteiger partial charge is 0.410 e. The fraction of sp³-hybridized carbons (Fsp3) is 0.562. The van der Waals surface area contributed by atoms with Gasteiger partial charge in [-0.05, 0) is 73.3 Å². The number of hydrogen-bond acceptors (Lipinski definition) is 3. The van der Waals surface area contributed by atoms with E-state index in [1.807, 2.05) is 39.8 Å². The molecule has 0 aliphatic carbocycles. The Labute approximate surface area is 134 Å². The molecule has 0 N–H and O–H groups in total. The van der Waals surface area contributed by atoms with E-state index in [1.165, 1.54) is 5.56 Å². The summed E-state index contributed by atoms with van der Waals surface area (Å²) in [5, 5.41) is 0. The van der Waals surface area contributed by atoms with Crippen molar-refractivity contribution in [1.82, 2.24) is 4.90 Å². The summed E-state index contributed by atoms with van der Waals surface area (Å²) in [5.41, 5.74) is 1.89. The van der Waals surface area contributed by atoms with Crippen molar-refractivity contribution in [1.29, 1.82) is 0 Å². The minimum atomic E-state index is -0.475. The van der Waals surface area contributed by atoms with Gasteiger partial charge in [0.05, 0.1) is 17.6 Å². The molecule has 21 heavy (non-hydrogen) atoms. The lowest BCUT2D eigenvalue weighted by molar-refractivity contribution is 0.0159. The van der Waals surface area contributed by atoms with Gasteiger partial charge >= 0.3 is 6.09 Å². The van der Waals surface area contributed by atoms with Gasteiger partial charge in [0.25, 0.3) is 0 Å². The molecule has 0 radical (unpaired) electrons. The van der Waals surface area contributed by atoms with Crippen LogP contribution >= 0.6 is 15.9 Å². The maximum Gasteiger partial charge on any atom is 0.410 e. The summed E-state index contributed by atoms with van der Waals surface area (Å²) < 4.78 is 11.7. The largest absolute Gasteiger partial charge is 0.496 e. The highest BCUT2D eigenvalue weighted by molar-refractivity contribution is 9.10. The molecule has 0 bridgehead atoms. The Kier molecular flexibility index (Phi) is 4.51. The Bertz CT molecular complexity index is 551. The Hall–Kier alpha value is -1.23. The highest BCUT2D eigenvalue weighted by atomic mass is 79.9.